The minimum absolute atomic E-state index is 0.0883. The number of carbonyl (C=O) groups is 8. The maximum absolute atomic E-state index is 16.2. The number of rotatable bonds is 26. The van der Waals surface area contributed by atoms with E-state index in [1.54, 1.807) is 25.6 Å². The molecule has 36 heteroatoms. The third kappa shape index (κ3) is 20.7. The number of likely N-dealkylation sites (N-methyl/N-ethyl adjacent to an activating group) is 1. The largest absolute Gasteiger partial charge is 0.508 e. The molecule has 20 N–H and O–H groups in total. The summed E-state index contributed by atoms with van der Waals surface area (Å²) < 4.78 is 39.4. The molecule has 18 atom stereocenters. The summed E-state index contributed by atoms with van der Waals surface area (Å²) in [5, 5.41) is 136. The number of nitrogens with one attached hydrogen (secondary N) is 8. The predicted octanol–water partition coefficient (Wildman–Crippen LogP) is 4.61. The van der Waals surface area contributed by atoms with E-state index in [1.165, 1.54) is 51.3 Å². The summed E-state index contributed by atoms with van der Waals surface area (Å²) in [6, 6.07) is -0.413. The summed E-state index contributed by atoms with van der Waals surface area (Å²) in [6.45, 7) is 8.72. The summed E-state index contributed by atoms with van der Waals surface area (Å²) in [7, 11) is 1.48. The predicted molar refractivity (Wildman–Crippen MR) is 413 cm³/mol. The van der Waals surface area contributed by atoms with Crippen molar-refractivity contribution in [2.45, 2.75) is 214 Å². The van der Waals surface area contributed by atoms with Gasteiger partial charge in [0.15, 0.2) is 29.9 Å². The highest BCUT2D eigenvalue weighted by Gasteiger charge is 2.52. The second-order valence-corrected chi connectivity index (χ2v) is 31.7. The van der Waals surface area contributed by atoms with Crippen LogP contribution < -0.4 is 62.5 Å². The number of aromatic hydroxyl groups is 3. The molecule has 7 aliphatic rings. The van der Waals surface area contributed by atoms with E-state index in [9.17, 15) is 75.0 Å². The Bertz CT molecular complexity index is 4340. The number of ether oxygens (including phenoxy) is 6. The van der Waals surface area contributed by atoms with Gasteiger partial charge < -0.3 is 128 Å². The number of hydrogen-bond donors (Lipinski definition) is 19. The Morgan fingerprint density at radius 2 is 1.31 bits per heavy atom. The number of hydrogen-bond acceptors (Lipinski definition) is 26. The minimum atomic E-state index is -2.34. The Morgan fingerprint density at radius 3 is 1.92 bits per heavy atom. The van der Waals surface area contributed by atoms with E-state index in [-0.39, 0.29) is 52.0 Å². The van der Waals surface area contributed by atoms with Crippen LogP contribution in [0.3, 0.4) is 0 Å². The van der Waals surface area contributed by atoms with Crippen LogP contribution in [0.25, 0.3) is 11.1 Å². The zero-order valence-electron chi connectivity index (χ0n) is 63.4. The number of halogens is 2. The van der Waals surface area contributed by atoms with Gasteiger partial charge in [-0.1, -0.05) is 107 Å². The maximum atomic E-state index is 16.2. The van der Waals surface area contributed by atoms with Crippen molar-refractivity contribution in [2.24, 2.45) is 11.7 Å². The lowest BCUT2D eigenvalue weighted by Gasteiger charge is -2.48. The standard InChI is InChI=1S/C78H99Cl2N9O24S/c1-7-8-9-10-11-12-13-14-22-114-23-21-83-78(5)33-56(108-36(4)69(78)99)112-68-66(98)65(97)54(34-90)111-77(68)113-67-52-28-40-29-53(67)110-51-20-17-39(27-45(51)80)64(96)62-75(105)87-60(76(106)107)43-30-41(91)31-49(93)57(43)42-25-37(15-18-48(42)92)58(72(102)89-62)86-73(103)59(40)85-71(101)47(32-55(81)94)84-74(104)61(88-70(100)46(82-6)24-35(2)3)63(95)38-16-19-50(109-52)44(79)26-38/h15-20,25-31,35-36,46-47,54,56,58-66,68-69,77,82-83,90-93,95-99H,7-14,21-24,32-34H2,1-6H3,(H2,81,94)(H,84,104)(H,85,101)(H,86,103)(H,87,105)(H,88,100)(H,89,102)(H,106,107)/t36-,46+,47-,54+,56-,58+,59+,60+,61+,62-,63+,64+,65+,66-,68+,69+,77-,78-/m0/s1. The van der Waals surface area contributed by atoms with Gasteiger partial charge in [-0.2, -0.15) is 11.8 Å². The van der Waals surface area contributed by atoms with Gasteiger partial charge in [0.2, 0.25) is 53.4 Å². The zero-order valence-corrected chi connectivity index (χ0v) is 65.8. The van der Waals surface area contributed by atoms with Gasteiger partial charge in [0, 0.05) is 47.0 Å². The minimum Gasteiger partial charge on any atom is -0.508 e. The first-order valence-electron chi connectivity index (χ1n) is 37.7. The molecule has 0 saturated carbocycles. The number of carbonyl (C=O) groups excluding carboxylic acids is 7. The fourth-order valence-corrected chi connectivity index (χ4v) is 15.8. The normalized spacial score (nSPS) is 27.4. The van der Waals surface area contributed by atoms with Gasteiger partial charge in [0.25, 0.3) is 0 Å². The lowest BCUT2D eigenvalue weighted by atomic mass is 9.85. The van der Waals surface area contributed by atoms with Crippen molar-refractivity contribution in [1.82, 2.24) is 42.5 Å². The third-order valence-corrected chi connectivity index (χ3v) is 22.3. The fraction of sp³-hybridized carbons (Fsp3) is 0.513. The van der Waals surface area contributed by atoms with Crippen molar-refractivity contribution in [2.75, 3.05) is 31.7 Å². The van der Waals surface area contributed by atoms with Gasteiger partial charge in [-0.15, -0.1) is 0 Å². The molecule has 11 bridgehead atoms. The number of aliphatic carboxylic acids is 1. The van der Waals surface area contributed by atoms with Crippen LogP contribution in [0, 0.1) is 5.92 Å². The molecule has 0 unspecified atom stereocenters. The summed E-state index contributed by atoms with van der Waals surface area (Å²) in [6.07, 6.45) is -8.70. The molecule has 0 aliphatic carbocycles. The van der Waals surface area contributed by atoms with Crippen molar-refractivity contribution in [1.29, 1.82) is 0 Å². The number of phenols is 3. The molecule has 2 saturated heterocycles. The number of aliphatic hydroxyl groups is 6. The van der Waals surface area contributed by atoms with Crippen molar-refractivity contribution in [3.63, 3.8) is 0 Å². The van der Waals surface area contributed by atoms with Crippen LogP contribution in [-0.2, 0) is 52.6 Å². The van der Waals surface area contributed by atoms with E-state index in [2.05, 4.69) is 49.5 Å². The summed E-state index contributed by atoms with van der Waals surface area (Å²) in [4.78, 5) is 118. The molecular weight excluding hydrogens is 1550 g/mol. The van der Waals surface area contributed by atoms with E-state index in [4.69, 9.17) is 57.4 Å². The van der Waals surface area contributed by atoms with Crippen molar-refractivity contribution in [3.05, 3.63) is 117 Å². The summed E-state index contributed by atoms with van der Waals surface area (Å²) in [5.74, 6) is -14.2. The Balaban J connectivity index is 1.15. The van der Waals surface area contributed by atoms with Crippen LogP contribution in [0.1, 0.15) is 163 Å². The van der Waals surface area contributed by atoms with Gasteiger partial charge in [-0.05, 0) is 122 Å². The lowest BCUT2D eigenvalue weighted by Crippen LogP contribution is -2.65. The summed E-state index contributed by atoms with van der Waals surface area (Å²) in [5.41, 5.74) is 1.89. The topological polar surface area (TPSA) is 517 Å². The molecule has 7 heterocycles. The number of carboxylic acid groups (broad SMARTS) is 1. The first-order chi connectivity index (χ1) is 54.2. The van der Waals surface area contributed by atoms with Crippen LogP contribution >= 0.6 is 35.0 Å². The molecule has 114 heavy (non-hydrogen) atoms. The highest BCUT2D eigenvalue weighted by atomic mass is 35.5. The van der Waals surface area contributed by atoms with E-state index in [0.717, 1.165) is 91.7 Å². The number of nitrogens with two attached hydrogens (primary N) is 1. The molecule has 7 amide bonds. The van der Waals surface area contributed by atoms with Crippen molar-refractivity contribution in [3.8, 4) is 57.1 Å². The first kappa shape index (κ1) is 87.5. The highest BCUT2D eigenvalue weighted by molar-refractivity contribution is 7.99. The Labute approximate surface area is 671 Å². The number of amides is 7. The second-order valence-electron chi connectivity index (χ2n) is 29.6. The number of thioether (sulfide) groups is 1. The van der Waals surface area contributed by atoms with Crippen LogP contribution in [0.4, 0.5) is 0 Å². The van der Waals surface area contributed by atoms with E-state index >= 15 is 14.4 Å². The van der Waals surface area contributed by atoms with Crippen molar-refractivity contribution >= 4 is 82.3 Å². The first-order valence-corrected chi connectivity index (χ1v) is 39.6. The molecular formula is C78H99Cl2N9O24S. The van der Waals surface area contributed by atoms with E-state index in [0.29, 0.717) is 12.3 Å². The molecule has 5 aromatic carbocycles. The number of primary amides is 1. The van der Waals surface area contributed by atoms with Crippen LogP contribution in [0.2, 0.25) is 10.0 Å². The summed E-state index contributed by atoms with van der Waals surface area (Å²) >= 11 is 16.0. The molecule has 0 aromatic heterocycles. The number of fused-ring (bicyclic) bond motifs is 15. The van der Waals surface area contributed by atoms with Gasteiger partial charge in [0.1, 0.15) is 89.5 Å². The molecule has 7 aliphatic heterocycles. The van der Waals surface area contributed by atoms with Crippen LogP contribution in [0.5, 0.6) is 46.0 Å². The van der Waals surface area contributed by atoms with Crippen molar-refractivity contribution < 1.29 is 118 Å². The highest BCUT2D eigenvalue weighted by Crippen LogP contribution is 2.50. The second kappa shape index (κ2) is 38.7. The number of benzene rings is 5. The van der Waals surface area contributed by atoms with Gasteiger partial charge in [0.05, 0.1) is 41.3 Å². The Hall–Kier alpha value is -8.85. The average molecular weight is 1650 g/mol. The quantitative estimate of drug-likeness (QED) is 0.0336. The SMILES string of the molecule is CCCCCCCCCCSCCN[C@@]1(C)C[C@H](O[C@H]2[C@H](Oc3c4cc5cc3Oc3ccc(cc3Cl)[C@@H](O)[C@@H](NC(=O)[C@@H](CC(C)C)NC)C(=O)N[C@@H](CC(N)=O)C(=O)N[C@H]5C(=O)N[C@H]3C(=O)N[C@H](C(=O)N[C@@H](C(=O)O)c5cc(O)cc(O)c5-c5cc3ccc5O)[C@H](O)c3ccc(c(Cl)c3)O4)O[C@H](CO)[C@@H](O)[C@@H]2O)O[C@@H](C)[C@H]1O. The molecule has 0 radical (unpaired) electrons. The Morgan fingerprint density at radius 1 is 0.693 bits per heavy atom. The molecule has 5 aromatic rings. The fourth-order valence-electron chi connectivity index (χ4n) is 14.5. The molecule has 2 fully saturated rings. The smallest absolute Gasteiger partial charge is 0.330 e. The molecule has 33 nitrogen and oxygen atoms in total. The van der Waals surface area contributed by atoms with Crippen LogP contribution in [-0.4, -0.2) is 209 Å². The average Bonchev–Trinajstić information content (AvgIpc) is 0.771. The lowest BCUT2D eigenvalue weighted by molar-refractivity contribution is -0.334. The van der Waals surface area contributed by atoms with Gasteiger partial charge in [-0.25, -0.2) is 4.79 Å². The Kier molecular flexibility index (Phi) is 29.7. The van der Waals surface area contributed by atoms with Crippen LogP contribution in [0.15, 0.2) is 78.9 Å². The monoisotopic (exact) mass is 1650 g/mol. The molecule has 620 valence electrons. The van der Waals surface area contributed by atoms with Gasteiger partial charge in [-0.3, -0.25) is 33.6 Å². The third-order valence-electron chi connectivity index (χ3n) is 20.7. The van der Waals surface area contributed by atoms with E-state index < -0.39 is 231 Å². The maximum Gasteiger partial charge on any atom is 0.330 e. The molecule has 0 spiro atoms. The number of carboxylic acids is 1. The number of phenolic OH excluding ortho intramolecular Hbond substituents is 3. The zero-order chi connectivity index (χ0) is 82.7. The molecule has 12 rings (SSSR count). The number of aliphatic hydroxyl groups excluding tert-OH is 6. The van der Waals surface area contributed by atoms with E-state index in [1.807, 2.05) is 13.8 Å². The van der Waals surface area contributed by atoms with Gasteiger partial charge >= 0.3 is 5.97 Å². The number of unbranched alkanes of at least 4 members (excludes halogenated alkanes) is 7.